The summed E-state index contributed by atoms with van der Waals surface area (Å²) < 4.78 is 0. The SMILES string of the molecule is CC(C)=O.ON=CCc1ccccc1. The van der Waals surface area contributed by atoms with E-state index in [1.54, 1.807) is 0 Å². The number of rotatable bonds is 2. The van der Waals surface area contributed by atoms with E-state index in [0.29, 0.717) is 6.42 Å². The second kappa shape index (κ2) is 7.98. The number of ketones is 1. The van der Waals surface area contributed by atoms with Gasteiger partial charge in [0.05, 0.1) is 0 Å². The maximum atomic E-state index is 9.44. The van der Waals surface area contributed by atoms with Crippen molar-refractivity contribution >= 4 is 12.0 Å². The van der Waals surface area contributed by atoms with E-state index in [9.17, 15) is 4.79 Å². The number of hydrogen-bond donors (Lipinski definition) is 1. The van der Waals surface area contributed by atoms with Gasteiger partial charge in [0.15, 0.2) is 0 Å². The van der Waals surface area contributed by atoms with Crippen molar-refractivity contribution in [2.75, 3.05) is 0 Å². The van der Waals surface area contributed by atoms with Crippen LogP contribution in [0.5, 0.6) is 0 Å². The summed E-state index contributed by atoms with van der Waals surface area (Å²) in [6.07, 6.45) is 2.16. The third-order valence-electron chi connectivity index (χ3n) is 1.25. The molecule has 1 aromatic rings. The summed E-state index contributed by atoms with van der Waals surface area (Å²) in [6.45, 7) is 3.06. The molecule has 0 atom stereocenters. The molecule has 0 radical (unpaired) electrons. The molecule has 0 spiro atoms. The second-order valence-electron chi connectivity index (χ2n) is 2.90. The molecule has 0 bridgehead atoms. The molecule has 0 aliphatic carbocycles. The molecular weight excluding hydrogens is 178 g/mol. The van der Waals surface area contributed by atoms with Gasteiger partial charge in [-0.2, -0.15) is 0 Å². The van der Waals surface area contributed by atoms with Crippen LogP contribution < -0.4 is 0 Å². The third-order valence-corrected chi connectivity index (χ3v) is 1.25. The average molecular weight is 193 g/mol. The Labute approximate surface area is 84.1 Å². The van der Waals surface area contributed by atoms with E-state index in [4.69, 9.17) is 5.21 Å². The fourth-order valence-corrected chi connectivity index (χ4v) is 0.760. The van der Waals surface area contributed by atoms with Crippen molar-refractivity contribution in [2.45, 2.75) is 20.3 Å². The van der Waals surface area contributed by atoms with Crippen molar-refractivity contribution in [2.24, 2.45) is 5.16 Å². The molecule has 1 aromatic carbocycles. The lowest BCUT2D eigenvalue weighted by Gasteiger charge is -1.90. The molecule has 0 heterocycles. The predicted molar refractivity (Wildman–Crippen MR) is 56.8 cm³/mol. The number of benzene rings is 1. The van der Waals surface area contributed by atoms with Crippen LogP contribution in [0.2, 0.25) is 0 Å². The Hall–Kier alpha value is -1.64. The van der Waals surface area contributed by atoms with Gasteiger partial charge in [0.25, 0.3) is 0 Å². The fourth-order valence-electron chi connectivity index (χ4n) is 0.760. The topological polar surface area (TPSA) is 49.7 Å². The highest BCUT2D eigenvalue weighted by atomic mass is 16.4. The van der Waals surface area contributed by atoms with Gasteiger partial charge in [0.2, 0.25) is 0 Å². The van der Waals surface area contributed by atoms with Crippen molar-refractivity contribution in [3.8, 4) is 0 Å². The minimum absolute atomic E-state index is 0.167. The van der Waals surface area contributed by atoms with E-state index in [1.807, 2.05) is 30.3 Å². The zero-order chi connectivity index (χ0) is 10.8. The number of oxime groups is 1. The Balaban J connectivity index is 0.000000364. The van der Waals surface area contributed by atoms with Crippen LogP contribution in [0, 0.1) is 0 Å². The molecule has 0 unspecified atom stereocenters. The van der Waals surface area contributed by atoms with Gasteiger partial charge in [-0.1, -0.05) is 30.3 Å². The van der Waals surface area contributed by atoms with Gasteiger partial charge in [0, 0.05) is 12.6 Å². The first-order chi connectivity index (χ1) is 6.66. The van der Waals surface area contributed by atoms with Crippen molar-refractivity contribution < 1.29 is 10.0 Å². The minimum atomic E-state index is 0.167. The summed E-state index contributed by atoms with van der Waals surface area (Å²) in [6, 6.07) is 9.85. The highest BCUT2D eigenvalue weighted by Gasteiger charge is 1.84. The van der Waals surface area contributed by atoms with Gasteiger partial charge in [-0.25, -0.2) is 0 Å². The molecule has 0 aliphatic heterocycles. The first kappa shape index (κ1) is 12.4. The maximum Gasteiger partial charge on any atom is 0.126 e. The molecule has 1 rings (SSSR count). The molecule has 0 saturated heterocycles. The predicted octanol–water partition coefficient (Wildman–Crippen LogP) is 2.28. The van der Waals surface area contributed by atoms with Gasteiger partial charge in [-0.15, -0.1) is 5.16 Å². The van der Waals surface area contributed by atoms with Gasteiger partial charge in [0.1, 0.15) is 5.78 Å². The van der Waals surface area contributed by atoms with Gasteiger partial charge in [-0.3, -0.25) is 0 Å². The van der Waals surface area contributed by atoms with Crippen LogP contribution >= 0.6 is 0 Å². The van der Waals surface area contributed by atoms with Gasteiger partial charge < -0.3 is 10.0 Å². The quantitative estimate of drug-likeness (QED) is 0.445. The molecule has 0 aliphatic rings. The summed E-state index contributed by atoms with van der Waals surface area (Å²) >= 11 is 0. The number of hydrogen-bond acceptors (Lipinski definition) is 3. The smallest absolute Gasteiger partial charge is 0.126 e. The number of carbonyl (C=O) groups excluding carboxylic acids is 1. The van der Waals surface area contributed by atoms with E-state index in [0.717, 1.165) is 5.56 Å². The van der Waals surface area contributed by atoms with Crippen LogP contribution in [0.3, 0.4) is 0 Å². The van der Waals surface area contributed by atoms with Crippen LogP contribution in [0.4, 0.5) is 0 Å². The molecule has 0 fully saturated rings. The van der Waals surface area contributed by atoms with E-state index < -0.39 is 0 Å². The number of nitrogens with zero attached hydrogens (tertiary/aromatic N) is 1. The fraction of sp³-hybridized carbons (Fsp3) is 0.273. The average Bonchev–Trinajstić information content (AvgIpc) is 2.15. The van der Waals surface area contributed by atoms with Gasteiger partial charge in [-0.05, 0) is 19.4 Å². The highest BCUT2D eigenvalue weighted by Crippen LogP contribution is 1.96. The Bertz CT molecular complexity index is 277. The van der Waals surface area contributed by atoms with Crippen LogP contribution in [0.15, 0.2) is 35.5 Å². The Morgan fingerprint density at radius 3 is 2.29 bits per heavy atom. The Kier molecular flexibility index (Phi) is 7.05. The van der Waals surface area contributed by atoms with Crippen LogP contribution in [0.1, 0.15) is 19.4 Å². The molecule has 3 heteroatoms. The number of carbonyl (C=O) groups is 1. The lowest BCUT2D eigenvalue weighted by molar-refractivity contribution is -0.114. The lowest BCUT2D eigenvalue weighted by Crippen LogP contribution is -1.83. The molecular formula is C11H15NO2. The molecule has 1 N–H and O–H groups in total. The number of Topliss-reactive ketones (excluding diaryl/α,β-unsaturated/α-hetero) is 1. The molecule has 14 heavy (non-hydrogen) atoms. The van der Waals surface area contributed by atoms with Crippen molar-refractivity contribution in [1.29, 1.82) is 0 Å². The molecule has 76 valence electrons. The zero-order valence-corrected chi connectivity index (χ0v) is 8.47. The van der Waals surface area contributed by atoms with Crippen molar-refractivity contribution in [3.05, 3.63) is 35.9 Å². The van der Waals surface area contributed by atoms with Crippen LogP contribution in [0.25, 0.3) is 0 Å². The Morgan fingerprint density at radius 2 is 1.86 bits per heavy atom. The monoisotopic (exact) mass is 193 g/mol. The van der Waals surface area contributed by atoms with E-state index >= 15 is 0 Å². The van der Waals surface area contributed by atoms with Gasteiger partial charge >= 0.3 is 0 Å². The minimum Gasteiger partial charge on any atom is -0.411 e. The van der Waals surface area contributed by atoms with Crippen LogP contribution in [-0.2, 0) is 11.2 Å². The second-order valence-corrected chi connectivity index (χ2v) is 2.90. The summed E-state index contributed by atoms with van der Waals surface area (Å²) in [5, 5.41) is 11.0. The normalized spacial score (nSPS) is 9.29. The summed E-state index contributed by atoms with van der Waals surface area (Å²) in [5.74, 6) is 0.167. The van der Waals surface area contributed by atoms with E-state index in [2.05, 4.69) is 5.16 Å². The largest absolute Gasteiger partial charge is 0.411 e. The third kappa shape index (κ3) is 8.46. The molecule has 0 aromatic heterocycles. The summed E-state index contributed by atoms with van der Waals surface area (Å²) in [7, 11) is 0. The summed E-state index contributed by atoms with van der Waals surface area (Å²) in [5.41, 5.74) is 1.15. The highest BCUT2D eigenvalue weighted by molar-refractivity contribution is 5.72. The zero-order valence-electron chi connectivity index (χ0n) is 8.47. The molecule has 3 nitrogen and oxygen atoms in total. The van der Waals surface area contributed by atoms with E-state index in [-0.39, 0.29) is 5.78 Å². The first-order valence-electron chi connectivity index (χ1n) is 4.33. The van der Waals surface area contributed by atoms with E-state index in [1.165, 1.54) is 20.1 Å². The lowest BCUT2D eigenvalue weighted by atomic mass is 10.2. The summed E-state index contributed by atoms with van der Waals surface area (Å²) in [4.78, 5) is 9.44. The molecule has 0 amide bonds. The first-order valence-corrected chi connectivity index (χ1v) is 4.33. The Morgan fingerprint density at radius 1 is 1.36 bits per heavy atom. The standard InChI is InChI=1S/C8H9NO.C3H6O/c10-9-7-6-8-4-2-1-3-5-8;1-3(2)4/h1-5,7,10H,6H2;1-2H3. The van der Waals surface area contributed by atoms with Crippen molar-refractivity contribution in [1.82, 2.24) is 0 Å². The maximum absolute atomic E-state index is 9.44. The van der Waals surface area contributed by atoms with Crippen molar-refractivity contribution in [3.63, 3.8) is 0 Å². The molecule has 0 saturated carbocycles. The van der Waals surface area contributed by atoms with Crippen LogP contribution in [-0.4, -0.2) is 17.2 Å².